The van der Waals surface area contributed by atoms with Crippen LogP contribution in [-0.4, -0.2) is 18.4 Å². The quantitative estimate of drug-likeness (QED) is 0.419. The summed E-state index contributed by atoms with van der Waals surface area (Å²) in [5, 5.41) is 0. The molecule has 0 aromatic heterocycles. The van der Waals surface area contributed by atoms with Crippen LogP contribution in [0.15, 0.2) is 23.3 Å². The fourth-order valence-corrected chi connectivity index (χ4v) is 3.10. The maximum Gasteiger partial charge on any atom is 0.379 e. The van der Waals surface area contributed by atoms with E-state index in [2.05, 4.69) is 19.1 Å². The zero-order valence-electron chi connectivity index (χ0n) is 11.8. The van der Waals surface area contributed by atoms with Crippen LogP contribution in [0.4, 0.5) is 0 Å². The molecule has 2 bridgehead atoms. The van der Waals surface area contributed by atoms with E-state index in [0.717, 1.165) is 37.7 Å². The summed E-state index contributed by atoms with van der Waals surface area (Å²) in [6.07, 6.45) is 9.51. The average molecular weight is 262 g/mol. The Bertz CT molecular complexity index is 431. The smallest absolute Gasteiger partial charge is 0.379 e. The highest BCUT2D eigenvalue weighted by Crippen LogP contribution is 2.43. The molecule has 3 nitrogen and oxygen atoms in total. The van der Waals surface area contributed by atoms with Gasteiger partial charge in [-0.2, -0.15) is 0 Å². The molecule has 3 heteroatoms. The van der Waals surface area contributed by atoms with Crippen LogP contribution in [0, 0.1) is 11.8 Å². The molecule has 0 heterocycles. The van der Waals surface area contributed by atoms with E-state index in [4.69, 9.17) is 4.74 Å². The summed E-state index contributed by atoms with van der Waals surface area (Å²) in [5.74, 6) is -0.599. The third-order valence-corrected chi connectivity index (χ3v) is 4.03. The van der Waals surface area contributed by atoms with E-state index in [1.54, 1.807) is 6.92 Å². The zero-order chi connectivity index (χ0) is 13.8. The van der Waals surface area contributed by atoms with Crippen molar-refractivity contribution in [2.45, 2.75) is 46.0 Å². The molecule has 0 aliphatic heterocycles. The van der Waals surface area contributed by atoms with Gasteiger partial charge in [-0.25, -0.2) is 4.79 Å². The van der Waals surface area contributed by atoms with E-state index in [0.29, 0.717) is 5.92 Å². The van der Waals surface area contributed by atoms with Gasteiger partial charge in [0, 0.05) is 11.5 Å². The summed E-state index contributed by atoms with van der Waals surface area (Å²) >= 11 is 0. The van der Waals surface area contributed by atoms with Crippen LogP contribution in [0.3, 0.4) is 0 Å². The Morgan fingerprint density at radius 1 is 1.21 bits per heavy atom. The van der Waals surface area contributed by atoms with Gasteiger partial charge in [-0.3, -0.25) is 4.79 Å². The van der Waals surface area contributed by atoms with Crippen molar-refractivity contribution >= 4 is 11.8 Å². The second-order valence-corrected chi connectivity index (χ2v) is 5.27. The lowest BCUT2D eigenvalue weighted by molar-refractivity contribution is -0.152. The molecule has 3 rings (SSSR count). The summed E-state index contributed by atoms with van der Waals surface area (Å²) < 4.78 is 4.87. The Labute approximate surface area is 114 Å². The van der Waals surface area contributed by atoms with Gasteiger partial charge in [-0.05, 0) is 38.5 Å². The van der Waals surface area contributed by atoms with E-state index in [-0.39, 0.29) is 12.5 Å². The van der Waals surface area contributed by atoms with E-state index >= 15 is 0 Å². The maximum atomic E-state index is 12.3. The fourth-order valence-electron chi connectivity index (χ4n) is 3.10. The van der Waals surface area contributed by atoms with Crippen molar-refractivity contribution in [3.8, 4) is 0 Å². The number of carbonyl (C=O) groups is 2. The Hall–Kier alpha value is -1.38. The number of hydrogen-bond acceptors (Lipinski definition) is 3. The monoisotopic (exact) mass is 262 g/mol. The fraction of sp³-hybridized carbons (Fsp3) is 0.625. The predicted octanol–water partition coefficient (Wildman–Crippen LogP) is 3.20. The van der Waals surface area contributed by atoms with Crippen molar-refractivity contribution in [1.82, 2.24) is 0 Å². The first-order valence-corrected chi connectivity index (χ1v) is 7.31. The van der Waals surface area contributed by atoms with Gasteiger partial charge < -0.3 is 4.74 Å². The van der Waals surface area contributed by atoms with E-state index in [9.17, 15) is 9.59 Å². The minimum atomic E-state index is -0.688. The van der Waals surface area contributed by atoms with Crippen molar-refractivity contribution in [2.75, 3.05) is 6.61 Å². The Morgan fingerprint density at radius 2 is 1.89 bits per heavy atom. The molecule has 0 N–H and O–H groups in total. The molecular weight excluding hydrogens is 240 g/mol. The first-order chi connectivity index (χ1) is 9.19. The largest absolute Gasteiger partial charge is 0.460 e. The first kappa shape index (κ1) is 14.0. The number of hydrogen-bond donors (Lipinski definition) is 0. The Morgan fingerprint density at radius 3 is 2.47 bits per heavy atom. The minimum absolute atomic E-state index is 0.133. The molecule has 2 unspecified atom stereocenters. The van der Waals surface area contributed by atoms with Crippen molar-refractivity contribution in [1.29, 1.82) is 0 Å². The van der Waals surface area contributed by atoms with Crippen LogP contribution in [0.1, 0.15) is 46.0 Å². The van der Waals surface area contributed by atoms with E-state index in [1.165, 1.54) is 5.57 Å². The van der Waals surface area contributed by atoms with Crippen LogP contribution in [-0.2, 0) is 14.3 Å². The van der Waals surface area contributed by atoms with Gasteiger partial charge in [0.25, 0.3) is 5.78 Å². The number of fused-ring (bicyclic) bond motifs is 1. The number of ether oxygens (including phenoxy) is 1. The number of carbonyl (C=O) groups excluding carboxylic acids is 2. The number of ketones is 1. The second-order valence-electron chi connectivity index (χ2n) is 5.27. The highest BCUT2D eigenvalue weighted by Gasteiger charge is 2.37. The number of allylic oxidation sites excluding steroid dienone is 3. The predicted molar refractivity (Wildman–Crippen MR) is 73.5 cm³/mol. The van der Waals surface area contributed by atoms with Gasteiger partial charge in [0.1, 0.15) is 0 Å². The molecule has 0 aromatic rings. The van der Waals surface area contributed by atoms with Crippen molar-refractivity contribution < 1.29 is 14.3 Å². The Balaban J connectivity index is 2.26. The minimum Gasteiger partial charge on any atom is -0.460 e. The van der Waals surface area contributed by atoms with Gasteiger partial charge in [0.05, 0.1) is 6.61 Å². The van der Waals surface area contributed by atoms with Gasteiger partial charge in [0.2, 0.25) is 0 Å². The number of Topliss-reactive ketones (excluding diaryl/α,β-unsaturated/α-hetero) is 1. The molecule has 3 aliphatic rings. The molecule has 0 fully saturated rings. The highest BCUT2D eigenvalue weighted by molar-refractivity contribution is 6.40. The Kier molecular flexibility index (Phi) is 4.56. The molecule has 2 atom stereocenters. The number of rotatable bonds is 6. The van der Waals surface area contributed by atoms with Crippen LogP contribution in [0.25, 0.3) is 0 Å². The lowest BCUT2D eigenvalue weighted by Crippen LogP contribution is -2.31. The van der Waals surface area contributed by atoms with Crippen molar-refractivity contribution in [3.05, 3.63) is 23.3 Å². The SMILES string of the molecule is CCCCC1=C(C(=O)C(=O)OCC)C2C=CC1CC2. The molecule has 104 valence electrons. The summed E-state index contributed by atoms with van der Waals surface area (Å²) in [6.45, 7) is 4.13. The van der Waals surface area contributed by atoms with Crippen LogP contribution in [0.2, 0.25) is 0 Å². The molecule has 0 amide bonds. The molecule has 19 heavy (non-hydrogen) atoms. The molecular formula is C16H22O3. The molecule has 0 radical (unpaired) electrons. The highest BCUT2D eigenvalue weighted by atomic mass is 16.5. The number of esters is 1. The van der Waals surface area contributed by atoms with Crippen LogP contribution in [0.5, 0.6) is 0 Å². The third kappa shape index (κ3) is 2.80. The van der Waals surface area contributed by atoms with E-state index < -0.39 is 11.8 Å². The second kappa shape index (κ2) is 6.18. The first-order valence-electron chi connectivity index (χ1n) is 7.31. The molecule has 0 aromatic carbocycles. The molecule has 3 aliphatic carbocycles. The lowest BCUT2D eigenvalue weighted by Gasteiger charge is -2.35. The summed E-state index contributed by atoms with van der Waals surface area (Å²) in [4.78, 5) is 24.0. The zero-order valence-corrected chi connectivity index (χ0v) is 11.8. The van der Waals surface area contributed by atoms with Crippen LogP contribution < -0.4 is 0 Å². The van der Waals surface area contributed by atoms with E-state index in [1.807, 2.05) is 0 Å². The van der Waals surface area contributed by atoms with Gasteiger partial charge in [0.15, 0.2) is 0 Å². The summed E-state index contributed by atoms with van der Waals surface area (Å²) in [6, 6.07) is 0. The maximum absolute atomic E-state index is 12.3. The normalized spacial score (nSPS) is 24.7. The van der Waals surface area contributed by atoms with Crippen molar-refractivity contribution in [2.24, 2.45) is 11.8 Å². The average Bonchev–Trinajstić information content (AvgIpc) is 2.45. The molecule has 0 spiro atoms. The lowest BCUT2D eigenvalue weighted by atomic mass is 9.69. The van der Waals surface area contributed by atoms with Gasteiger partial charge >= 0.3 is 5.97 Å². The summed E-state index contributed by atoms with van der Waals surface area (Å²) in [5.41, 5.74) is 1.93. The summed E-state index contributed by atoms with van der Waals surface area (Å²) in [7, 11) is 0. The molecule has 0 saturated heterocycles. The van der Waals surface area contributed by atoms with Gasteiger partial charge in [-0.15, -0.1) is 0 Å². The van der Waals surface area contributed by atoms with Crippen molar-refractivity contribution in [3.63, 3.8) is 0 Å². The van der Waals surface area contributed by atoms with Gasteiger partial charge in [-0.1, -0.05) is 31.1 Å². The molecule has 0 saturated carbocycles. The standard InChI is InChI=1S/C16H22O3/c1-3-5-6-13-11-7-9-12(10-8-11)14(13)15(17)16(18)19-4-2/h7,9,11-12H,3-6,8,10H2,1-2H3. The topological polar surface area (TPSA) is 43.4 Å². The number of unbranched alkanes of at least 4 members (excludes halogenated alkanes) is 1. The third-order valence-electron chi connectivity index (χ3n) is 4.03. The van der Waals surface area contributed by atoms with Crippen LogP contribution >= 0.6 is 0 Å².